The van der Waals surface area contributed by atoms with E-state index in [2.05, 4.69) is 17.4 Å². The largest absolute Gasteiger partial charge is 0.335 e. The Balaban J connectivity index is 1.35. The van der Waals surface area contributed by atoms with Crippen molar-refractivity contribution in [2.24, 2.45) is 5.92 Å². The summed E-state index contributed by atoms with van der Waals surface area (Å²) in [6.07, 6.45) is 5.05. The molecule has 1 heterocycles. The average molecular weight is 413 g/mol. The quantitative estimate of drug-likeness (QED) is 0.642. The van der Waals surface area contributed by atoms with E-state index in [0.29, 0.717) is 12.1 Å². The fourth-order valence-corrected chi connectivity index (χ4v) is 5.23. The maximum atomic E-state index is 13.5. The molecule has 0 spiro atoms. The van der Waals surface area contributed by atoms with Crippen molar-refractivity contribution in [3.63, 3.8) is 0 Å². The molecule has 1 N–H and O–H groups in total. The van der Waals surface area contributed by atoms with Gasteiger partial charge in [0.1, 0.15) is 0 Å². The smallest absolute Gasteiger partial charge is 0.254 e. The number of nitrogens with zero attached hydrogens (tertiary/aromatic N) is 1. The molecule has 1 fully saturated rings. The Hall–Kier alpha value is -3.14. The van der Waals surface area contributed by atoms with Gasteiger partial charge >= 0.3 is 0 Å². The molecule has 31 heavy (non-hydrogen) atoms. The first-order valence-corrected chi connectivity index (χ1v) is 11.3. The van der Waals surface area contributed by atoms with Gasteiger partial charge in [-0.05, 0) is 79.1 Å². The summed E-state index contributed by atoms with van der Waals surface area (Å²) < 4.78 is 0. The Morgan fingerprint density at radius 2 is 1.74 bits per heavy atom. The van der Waals surface area contributed by atoms with Crippen LogP contribution in [0.25, 0.3) is 10.8 Å². The van der Waals surface area contributed by atoms with Crippen molar-refractivity contribution in [2.75, 3.05) is 11.9 Å². The van der Waals surface area contributed by atoms with Gasteiger partial charge < -0.3 is 10.2 Å². The first kappa shape index (κ1) is 19.8. The van der Waals surface area contributed by atoms with Gasteiger partial charge in [-0.2, -0.15) is 0 Å². The number of hydrogen-bond donors (Lipinski definition) is 1. The average Bonchev–Trinajstić information content (AvgIpc) is 3.26. The summed E-state index contributed by atoms with van der Waals surface area (Å²) in [7, 11) is 0. The maximum Gasteiger partial charge on any atom is 0.254 e. The molecule has 1 unspecified atom stereocenters. The predicted octanol–water partition coefficient (Wildman–Crippen LogP) is 5.21. The topological polar surface area (TPSA) is 49.4 Å². The SMILES string of the molecule is C[C@H]1C(C(=O)Nc2ccc3c(c2)CCC3)CCCN1C(=O)c1cccc2ccccc12. The molecular weight excluding hydrogens is 384 g/mol. The standard InChI is InChI=1S/C27H28N2O2/c1-18-23(26(30)28-22-15-14-19-8-4-10-21(19)17-22)13-6-16-29(18)27(31)25-12-5-9-20-7-2-3-11-24(20)25/h2-3,5,7,9,11-12,14-15,17-18,23H,4,6,8,10,13,16H2,1H3,(H,28,30)/t18-,23?/m0/s1. The fourth-order valence-electron chi connectivity index (χ4n) is 5.23. The minimum absolute atomic E-state index is 0.0133. The van der Waals surface area contributed by atoms with E-state index in [-0.39, 0.29) is 23.8 Å². The van der Waals surface area contributed by atoms with Gasteiger partial charge in [-0.25, -0.2) is 0 Å². The molecule has 3 aromatic rings. The Bertz CT molecular complexity index is 1150. The van der Waals surface area contributed by atoms with Crippen LogP contribution in [0.3, 0.4) is 0 Å². The first-order chi connectivity index (χ1) is 15.1. The van der Waals surface area contributed by atoms with Crippen LogP contribution < -0.4 is 5.32 Å². The molecule has 0 bridgehead atoms. The van der Waals surface area contributed by atoms with E-state index in [1.165, 1.54) is 17.5 Å². The second-order valence-electron chi connectivity index (χ2n) is 8.84. The summed E-state index contributed by atoms with van der Waals surface area (Å²) in [5, 5.41) is 5.15. The Morgan fingerprint density at radius 3 is 2.65 bits per heavy atom. The van der Waals surface area contributed by atoms with Gasteiger partial charge in [0.15, 0.2) is 0 Å². The zero-order valence-electron chi connectivity index (χ0n) is 17.9. The van der Waals surface area contributed by atoms with Crippen LogP contribution in [0.1, 0.15) is 47.7 Å². The molecule has 2 aliphatic rings. The Morgan fingerprint density at radius 1 is 0.935 bits per heavy atom. The second-order valence-corrected chi connectivity index (χ2v) is 8.84. The van der Waals surface area contributed by atoms with Crippen molar-refractivity contribution in [1.29, 1.82) is 0 Å². The molecule has 4 nitrogen and oxygen atoms in total. The maximum absolute atomic E-state index is 13.5. The van der Waals surface area contributed by atoms with Crippen LogP contribution in [-0.2, 0) is 17.6 Å². The number of carbonyl (C=O) groups is 2. The molecule has 0 saturated carbocycles. The van der Waals surface area contributed by atoms with Crippen molar-refractivity contribution in [3.05, 3.63) is 77.4 Å². The second kappa shape index (κ2) is 8.18. The third-order valence-electron chi connectivity index (χ3n) is 6.97. The molecule has 1 saturated heterocycles. The van der Waals surface area contributed by atoms with E-state index >= 15 is 0 Å². The number of aryl methyl sites for hydroxylation is 2. The van der Waals surface area contributed by atoms with Gasteiger partial charge in [-0.3, -0.25) is 9.59 Å². The normalized spacial score (nSPS) is 20.5. The monoisotopic (exact) mass is 412 g/mol. The molecular formula is C27H28N2O2. The van der Waals surface area contributed by atoms with Crippen LogP contribution >= 0.6 is 0 Å². The number of amides is 2. The van der Waals surface area contributed by atoms with Crippen molar-refractivity contribution in [3.8, 4) is 0 Å². The van der Waals surface area contributed by atoms with Gasteiger partial charge in [0.25, 0.3) is 5.91 Å². The van der Waals surface area contributed by atoms with Crippen LogP contribution in [0, 0.1) is 5.92 Å². The summed E-state index contributed by atoms with van der Waals surface area (Å²) in [4.78, 5) is 28.5. The van der Waals surface area contributed by atoms with E-state index in [9.17, 15) is 9.59 Å². The lowest BCUT2D eigenvalue weighted by Crippen LogP contribution is -2.50. The minimum atomic E-state index is -0.207. The van der Waals surface area contributed by atoms with E-state index in [1.807, 2.05) is 60.4 Å². The molecule has 3 aromatic carbocycles. The number of piperidine rings is 1. The van der Waals surface area contributed by atoms with E-state index in [4.69, 9.17) is 0 Å². The third-order valence-corrected chi connectivity index (χ3v) is 6.97. The molecule has 1 aliphatic carbocycles. The zero-order valence-corrected chi connectivity index (χ0v) is 17.9. The number of carbonyl (C=O) groups excluding carboxylic acids is 2. The summed E-state index contributed by atoms with van der Waals surface area (Å²) in [6.45, 7) is 2.70. The molecule has 4 heteroatoms. The highest BCUT2D eigenvalue weighted by molar-refractivity contribution is 6.07. The van der Waals surface area contributed by atoms with E-state index < -0.39 is 0 Å². The number of nitrogens with one attached hydrogen (secondary N) is 1. The van der Waals surface area contributed by atoms with Crippen molar-refractivity contribution >= 4 is 28.3 Å². The van der Waals surface area contributed by atoms with Crippen molar-refractivity contribution in [1.82, 2.24) is 4.90 Å². The number of hydrogen-bond acceptors (Lipinski definition) is 2. The zero-order chi connectivity index (χ0) is 21.4. The highest BCUT2D eigenvalue weighted by Gasteiger charge is 2.36. The number of likely N-dealkylation sites (tertiary alicyclic amines) is 1. The van der Waals surface area contributed by atoms with Crippen LogP contribution in [0.2, 0.25) is 0 Å². The fraction of sp³-hybridized carbons (Fsp3) is 0.333. The molecule has 0 radical (unpaired) electrons. The highest BCUT2D eigenvalue weighted by atomic mass is 16.2. The number of benzene rings is 3. The van der Waals surface area contributed by atoms with Crippen LogP contribution in [0.15, 0.2) is 60.7 Å². The minimum Gasteiger partial charge on any atom is -0.335 e. The molecule has 5 rings (SSSR count). The van der Waals surface area contributed by atoms with E-state index in [1.54, 1.807) is 0 Å². The Labute approximate surface area is 183 Å². The first-order valence-electron chi connectivity index (χ1n) is 11.3. The Kier molecular flexibility index (Phi) is 5.23. The third kappa shape index (κ3) is 3.71. The molecule has 1 aliphatic heterocycles. The van der Waals surface area contributed by atoms with Crippen molar-refractivity contribution in [2.45, 2.75) is 45.1 Å². The van der Waals surface area contributed by atoms with Crippen LogP contribution in [0.5, 0.6) is 0 Å². The summed E-state index contributed by atoms with van der Waals surface area (Å²) >= 11 is 0. The molecule has 2 atom stereocenters. The van der Waals surface area contributed by atoms with Crippen molar-refractivity contribution < 1.29 is 9.59 Å². The van der Waals surface area contributed by atoms with Gasteiger partial charge in [-0.1, -0.05) is 42.5 Å². The van der Waals surface area contributed by atoms with Gasteiger partial charge in [-0.15, -0.1) is 0 Å². The number of anilines is 1. The molecule has 0 aromatic heterocycles. The predicted molar refractivity (Wildman–Crippen MR) is 124 cm³/mol. The number of fused-ring (bicyclic) bond motifs is 2. The van der Waals surface area contributed by atoms with Crippen LogP contribution in [-0.4, -0.2) is 29.3 Å². The molecule has 158 valence electrons. The van der Waals surface area contributed by atoms with Gasteiger partial charge in [0.05, 0.1) is 5.92 Å². The lowest BCUT2D eigenvalue weighted by molar-refractivity contribution is -0.122. The van der Waals surface area contributed by atoms with E-state index in [0.717, 1.165) is 42.1 Å². The number of rotatable bonds is 3. The van der Waals surface area contributed by atoms with Crippen LogP contribution in [0.4, 0.5) is 5.69 Å². The lowest BCUT2D eigenvalue weighted by Gasteiger charge is -2.39. The molecule has 2 amide bonds. The lowest BCUT2D eigenvalue weighted by atomic mass is 9.88. The summed E-state index contributed by atoms with van der Waals surface area (Å²) in [5.41, 5.74) is 4.33. The van der Waals surface area contributed by atoms with Gasteiger partial charge in [0, 0.05) is 23.8 Å². The summed E-state index contributed by atoms with van der Waals surface area (Å²) in [5.74, 6) is -0.180. The summed E-state index contributed by atoms with van der Waals surface area (Å²) in [6, 6.07) is 19.9. The van der Waals surface area contributed by atoms with Gasteiger partial charge in [0.2, 0.25) is 5.91 Å². The highest BCUT2D eigenvalue weighted by Crippen LogP contribution is 2.30.